The van der Waals surface area contributed by atoms with E-state index in [1.807, 2.05) is 0 Å². The van der Waals surface area contributed by atoms with E-state index in [2.05, 4.69) is 9.62 Å². The Kier molecular flexibility index (Phi) is 1.07. The fourth-order valence-corrected chi connectivity index (χ4v) is 0.339. The van der Waals surface area contributed by atoms with Crippen molar-refractivity contribution in [1.29, 1.82) is 0 Å². The van der Waals surface area contributed by atoms with E-state index in [0.717, 1.165) is 0 Å². The Bertz CT molecular complexity index is 271. The fourth-order valence-electron chi connectivity index (χ4n) is 0.339. The molecular formula is C3H2N2O4. The molecule has 1 rings (SSSR count). The van der Waals surface area contributed by atoms with Crippen LogP contribution >= 0.6 is 0 Å². The number of aromatic carboxylic acids is 1. The molecule has 0 radical (unpaired) electrons. The first-order valence-electron chi connectivity index (χ1n) is 1.99. The Morgan fingerprint density at radius 3 is 2.67 bits per heavy atom. The van der Waals surface area contributed by atoms with Gasteiger partial charge in [0.1, 0.15) is 0 Å². The molecule has 0 bridgehead atoms. The lowest BCUT2D eigenvalue weighted by Crippen LogP contribution is -2.09. The van der Waals surface area contributed by atoms with Gasteiger partial charge < -0.3 is 9.63 Å². The molecule has 9 heavy (non-hydrogen) atoms. The molecule has 0 aliphatic carbocycles. The van der Waals surface area contributed by atoms with Gasteiger partial charge in [0.2, 0.25) is 0 Å². The normalized spacial score (nSPS) is 9.33. The summed E-state index contributed by atoms with van der Waals surface area (Å²) in [6, 6.07) is 0. The number of aromatic amines is 1. The van der Waals surface area contributed by atoms with Crippen molar-refractivity contribution in [3.8, 4) is 0 Å². The molecule has 1 aromatic rings. The van der Waals surface area contributed by atoms with Crippen LogP contribution in [0.25, 0.3) is 0 Å². The lowest BCUT2D eigenvalue weighted by molar-refractivity contribution is 0.0688. The van der Waals surface area contributed by atoms with E-state index in [4.69, 9.17) is 5.11 Å². The zero-order valence-electron chi connectivity index (χ0n) is 4.12. The summed E-state index contributed by atoms with van der Waals surface area (Å²) >= 11 is 0. The highest BCUT2D eigenvalue weighted by Crippen LogP contribution is 1.79. The van der Waals surface area contributed by atoms with Gasteiger partial charge in [-0.1, -0.05) is 0 Å². The van der Waals surface area contributed by atoms with Crippen molar-refractivity contribution in [2.45, 2.75) is 0 Å². The summed E-state index contributed by atoms with van der Waals surface area (Å²) in [6.07, 6.45) is 0. The number of nitrogens with one attached hydrogen (secondary N) is 1. The summed E-state index contributed by atoms with van der Waals surface area (Å²) < 4.78 is 3.95. The first-order chi connectivity index (χ1) is 4.22. The molecular weight excluding hydrogens is 128 g/mol. The van der Waals surface area contributed by atoms with E-state index in [1.54, 1.807) is 5.27 Å². The van der Waals surface area contributed by atoms with Gasteiger partial charge in [-0.25, -0.2) is 9.59 Å². The number of carbonyl (C=O) groups is 1. The molecule has 0 aliphatic rings. The van der Waals surface area contributed by atoms with Gasteiger partial charge in [-0.05, 0) is 0 Å². The lowest BCUT2D eigenvalue weighted by atomic mass is 10.5. The van der Waals surface area contributed by atoms with E-state index in [0.29, 0.717) is 0 Å². The van der Waals surface area contributed by atoms with Gasteiger partial charge in [-0.2, -0.15) is 0 Å². The Morgan fingerprint density at radius 1 is 1.78 bits per heavy atom. The predicted octanol–water partition coefficient (Wildman–Crippen LogP) is -0.939. The second kappa shape index (κ2) is 1.73. The molecule has 0 saturated carbocycles. The summed E-state index contributed by atoms with van der Waals surface area (Å²) in [4.78, 5) is 20.2. The Labute approximate surface area is 48.1 Å². The lowest BCUT2D eigenvalue weighted by Gasteiger charge is -1.73. The molecule has 1 heterocycles. The van der Waals surface area contributed by atoms with E-state index in [-0.39, 0.29) is 0 Å². The second-order valence-corrected chi connectivity index (χ2v) is 1.25. The number of nitrogens with zero attached hydrogens (tertiary/aromatic N) is 1. The summed E-state index contributed by atoms with van der Waals surface area (Å²) in [6.45, 7) is 0. The zero-order valence-corrected chi connectivity index (χ0v) is 4.12. The number of carboxylic acids is 1. The van der Waals surface area contributed by atoms with Crippen LogP contribution in [0.1, 0.15) is 10.5 Å². The van der Waals surface area contributed by atoms with E-state index in [9.17, 15) is 9.59 Å². The highest BCUT2D eigenvalue weighted by atomic mass is 16.5. The first kappa shape index (κ1) is 5.54. The molecule has 0 saturated heterocycles. The van der Waals surface area contributed by atoms with Gasteiger partial charge in [0.25, 0.3) is 5.69 Å². The summed E-state index contributed by atoms with van der Waals surface area (Å²) in [5.41, 5.74) is -1.60. The average Bonchev–Trinajstić information content (AvgIpc) is 2.13. The fraction of sp³-hybridized carbons (Fsp3) is 0. The molecule has 0 atom stereocenters. The van der Waals surface area contributed by atoms with Crippen molar-refractivity contribution in [2.24, 2.45) is 0 Å². The number of H-pyrrole nitrogens is 1. The van der Waals surface area contributed by atoms with Crippen LogP contribution in [-0.4, -0.2) is 21.4 Å². The van der Waals surface area contributed by atoms with Gasteiger partial charge in [0.05, 0.1) is 0 Å². The van der Waals surface area contributed by atoms with Crippen molar-refractivity contribution in [1.82, 2.24) is 10.4 Å². The van der Waals surface area contributed by atoms with Crippen molar-refractivity contribution in [3.05, 3.63) is 16.1 Å². The molecule has 0 amide bonds. The monoisotopic (exact) mass is 130 g/mol. The third-order valence-corrected chi connectivity index (χ3v) is 0.692. The number of carboxylic acid groups (broad SMARTS) is 1. The second-order valence-electron chi connectivity index (χ2n) is 1.25. The van der Waals surface area contributed by atoms with Crippen LogP contribution in [0.4, 0.5) is 0 Å². The van der Waals surface area contributed by atoms with E-state index in [1.165, 1.54) is 0 Å². The number of hydrogen-bond donors (Lipinski definition) is 2. The number of rotatable bonds is 1. The molecule has 0 aliphatic heterocycles. The third-order valence-electron chi connectivity index (χ3n) is 0.692. The van der Waals surface area contributed by atoms with Crippen molar-refractivity contribution >= 4 is 5.97 Å². The number of aromatic nitrogens is 2. The van der Waals surface area contributed by atoms with Crippen LogP contribution in [0.3, 0.4) is 0 Å². The third kappa shape index (κ3) is 0.809. The van der Waals surface area contributed by atoms with Crippen LogP contribution in [0.15, 0.2) is 9.32 Å². The molecule has 0 unspecified atom stereocenters. The van der Waals surface area contributed by atoms with Gasteiger partial charge in [0.15, 0.2) is 0 Å². The minimum Gasteiger partial charge on any atom is -0.476 e. The molecule has 48 valence electrons. The van der Waals surface area contributed by atoms with E-state index < -0.39 is 17.3 Å². The van der Waals surface area contributed by atoms with Crippen LogP contribution in [0.5, 0.6) is 0 Å². The highest BCUT2D eigenvalue weighted by Gasteiger charge is 2.11. The summed E-state index contributed by atoms with van der Waals surface area (Å²) in [5.74, 6) is -1.40. The largest absolute Gasteiger partial charge is 0.476 e. The predicted molar refractivity (Wildman–Crippen MR) is 24.1 cm³/mol. The quantitative estimate of drug-likeness (QED) is 0.511. The molecule has 2 N–H and O–H groups in total. The van der Waals surface area contributed by atoms with Gasteiger partial charge >= 0.3 is 11.6 Å². The molecule has 1 aromatic heterocycles. The van der Waals surface area contributed by atoms with Gasteiger partial charge in [-0.3, -0.25) is 0 Å². The zero-order chi connectivity index (χ0) is 6.85. The molecule has 6 nitrogen and oxygen atoms in total. The molecule has 0 fully saturated rings. The standard InChI is InChI=1S/C3H2N2O4/c6-2(7)1-3(8)9-5-4-1/h5H,(H,6,7). The van der Waals surface area contributed by atoms with Crippen LogP contribution < -0.4 is 5.63 Å². The minimum atomic E-state index is -1.40. The maximum absolute atomic E-state index is 10.2. The van der Waals surface area contributed by atoms with E-state index >= 15 is 0 Å². The minimum absolute atomic E-state index is 0.630. The summed E-state index contributed by atoms with van der Waals surface area (Å²) in [5, 5.41) is 12.9. The summed E-state index contributed by atoms with van der Waals surface area (Å²) in [7, 11) is 0. The number of hydrogen-bond acceptors (Lipinski definition) is 4. The first-order valence-corrected chi connectivity index (χ1v) is 1.99. The molecule has 0 aromatic carbocycles. The maximum Gasteiger partial charge on any atom is 0.392 e. The van der Waals surface area contributed by atoms with Gasteiger partial charge in [-0.15, -0.1) is 10.4 Å². The van der Waals surface area contributed by atoms with Crippen molar-refractivity contribution < 1.29 is 14.4 Å². The average molecular weight is 130 g/mol. The van der Waals surface area contributed by atoms with Crippen LogP contribution in [0, 0.1) is 0 Å². The Morgan fingerprint density at radius 2 is 2.44 bits per heavy atom. The smallest absolute Gasteiger partial charge is 0.392 e. The Balaban J connectivity index is 3.24. The van der Waals surface area contributed by atoms with Crippen molar-refractivity contribution in [2.75, 3.05) is 0 Å². The van der Waals surface area contributed by atoms with Crippen LogP contribution in [-0.2, 0) is 0 Å². The Hall–Kier alpha value is -1.59. The van der Waals surface area contributed by atoms with Crippen molar-refractivity contribution in [3.63, 3.8) is 0 Å². The molecule has 6 heteroatoms. The molecule has 0 spiro atoms. The topological polar surface area (TPSA) is 96.2 Å². The maximum atomic E-state index is 10.2. The SMILES string of the molecule is O=C(O)c1n[nH]oc1=O. The van der Waals surface area contributed by atoms with Gasteiger partial charge in [0, 0.05) is 0 Å². The highest BCUT2D eigenvalue weighted by molar-refractivity contribution is 5.84. The van der Waals surface area contributed by atoms with Crippen LogP contribution in [0.2, 0.25) is 0 Å².